The third-order valence-corrected chi connectivity index (χ3v) is 6.50. The molecule has 3 aromatic carbocycles. The van der Waals surface area contributed by atoms with Crippen LogP contribution in [0.3, 0.4) is 0 Å². The summed E-state index contributed by atoms with van der Waals surface area (Å²) in [5.74, 6) is -0.412. The minimum Gasteiger partial charge on any atom is -0.488 e. The lowest BCUT2D eigenvalue weighted by Gasteiger charge is -2.13. The van der Waals surface area contributed by atoms with E-state index in [1.165, 1.54) is 0 Å². The second-order valence-electron chi connectivity index (χ2n) is 8.11. The largest absolute Gasteiger partial charge is 0.488 e. The highest BCUT2D eigenvalue weighted by atomic mass is 35.5. The molecule has 0 unspecified atom stereocenters. The molecule has 6 nitrogen and oxygen atoms in total. The number of rotatable bonds is 7. The Balaban J connectivity index is 1.46. The summed E-state index contributed by atoms with van der Waals surface area (Å²) < 4.78 is 5.94. The lowest BCUT2D eigenvalue weighted by atomic mass is 10.1. The number of hydrogen-bond donors (Lipinski definition) is 1. The van der Waals surface area contributed by atoms with E-state index in [9.17, 15) is 14.4 Å². The molecule has 0 spiro atoms. The van der Waals surface area contributed by atoms with Crippen molar-refractivity contribution in [1.29, 1.82) is 0 Å². The van der Waals surface area contributed by atoms with Crippen LogP contribution in [0.2, 0.25) is 5.02 Å². The van der Waals surface area contributed by atoms with Gasteiger partial charge in [-0.3, -0.25) is 19.3 Å². The van der Waals surface area contributed by atoms with Crippen molar-refractivity contribution in [2.24, 2.45) is 0 Å². The zero-order chi connectivity index (χ0) is 24.9. The van der Waals surface area contributed by atoms with Crippen LogP contribution in [0.15, 0.2) is 71.6 Å². The molecule has 178 valence electrons. The third kappa shape index (κ3) is 6.12. The van der Waals surface area contributed by atoms with Crippen molar-refractivity contribution in [3.8, 4) is 5.75 Å². The van der Waals surface area contributed by atoms with Gasteiger partial charge in [0.2, 0.25) is 5.91 Å². The maximum Gasteiger partial charge on any atom is 0.294 e. The molecule has 8 heteroatoms. The molecule has 0 saturated carbocycles. The van der Waals surface area contributed by atoms with E-state index in [1.807, 2.05) is 62.4 Å². The highest BCUT2D eigenvalue weighted by molar-refractivity contribution is 8.18. The smallest absolute Gasteiger partial charge is 0.294 e. The number of benzene rings is 3. The van der Waals surface area contributed by atoms with Crippen molar-refractivity contribution in [3.05, 3.63) is 98.9 Å². The summed E-state index contributed by atoms with van der Waals surface area (Å²) >= 11 is 7.01. The Morgan fingerprint density at radius 2 is 1.71 bits per heavy atom. The number of nitrogens with one attached hydrogen (secondary N) is 1. The van der Waals surface area contributed by atoms with Crippen LogP contribution in [0.4, 0.5) is 10.5 Å². The highest BCUT2D eigenvalue weighted by Gasteiger charge is 2.36. The number of para-hydroxylation sites is 1. The Labute approximate surface area is 212 Å². The van der Waals surface area contributed by atoms with Gasteiger partial charge in [-0.1, -0.05) is 54.1 Å². The molecule has 1 saturated heterocycles. The molecule has 0 aromatic heterocycles. The molecule has 35 heavy (non-hydrogen) atoms. The quantitative estimate of drug-likeness (QED) is 0.385. The Hall–Kier alpha value is -3.55. The summed E-state index contributed by atoms with van der Waals surface area (Å²) in [6.45, 7) is 3.75. The van der Waals surface area contributed by atoms with Crippen LogP contribution in [0.25, 0.3) is 6.08 Å². The monoisotopic (exact) mass is 506 g/mol. The fourth-order valence-electron chi connectivity index (χ4n) is 3.67. The van der Waals surface area contributed by atoms with Gasteiger partial charge in [-0.15, -0.1) is 0 Å². The number of nitrogens with zero attached hydrogens (tertiary/aromatic N) is 1. The van der Waals surface area contributed by atoms with Gasteiger partial charge in [-0.2, -0.15) is 0 Å². The molecule has 1 aliphatic heterocycles. The van der Waals surface area contributed by atoms with Crippen LogP contribution < -0.4 is 10.1 Å². The van der Waals surface area contributed by atoms with Crippen LogP contribution >= 0.6 is 23.4 Å². The summed E-state index contributed by atoms with van der Waals surface area (Å²) in [5, 5.41) is 2.87. The average Bonchev–Trinajstić information content (AvgIpc) is 3.06. The van der Waals surface area contributed by atoms with E-state index in [4.69, 9.17) is 16.3 Å². The number of thioether (sulfide) groups is 1. The van der Waals surface area contributed by atoms with Crippen LogP contribution in [-0.4, -0.2) is 28.5 Å². The number of carbonyl (C=O) groups excluding carboxylic acids is 3. The normalized spacial score (nSPS) is 14.5. The number of amides is 3. The van der Waals surface area contributed by atoms with E-state index in [1.54, 1.807) is 24.3 Å². The van der Waals surface area contributed by atoms with Gasteiger partial charge in [0, 0.05) is 21.8 Å². The van der Waals surface area contributed by atoms with Gasteiger partial charge >= 0.3 is 0 Å². The van der Waals surface area contributed by atoms with Crippen LogP contribution in [0.5, 0.6) is 5.75 Å². The predicted octanol–water partition coefficient (Wildman–Crippen LogP) is 6.21. The summed E-state index contributed by atoms with van der Waals surface area (Å²) in [7, 11) is 0. The summed E-state index contributed by atoms with van der Waals surface area (Å²) in [5.41, 5.74) is 4.11. The van der Waals surface area contributed by atoms with Gasteiger partial charge < -0.3 is 10.1 Å². The standard InChI is InChI=1S/C27H23ClN2O4S/c1-17-11-18(2)13-21(12-17)29-25(31)15-30-26(32)24(35-27(30)33)14-19-7-4-6-10-23(19)34-16-20-8-3-5-9-22(20)28/h3-14H,15-16H2,1-2H3,(H,29,31)/b24-14+. The minimum absolute atomic E-state index is 0.225. The topological polar surface area (TPSA) is 75.7 Å². The summed E-state index contributed by atoms with van der Waals surface area (Å²) in [6.07, 6.45) is 1.61. The molecule has 1 heterocycles. The fraction of sp³-hybridized carbons (Fsp3) is 0.148. The summed E-state index contributed by atoms with van der Waals surface area (Å²) in [4.78, 5) is 39.1. The number of ether oxygens (including phenoxy) is 1. The van der Waals surface area contributed by atoms with Crippen molar-refractivity contribution < 1.29 is 19.1 Å². The molecule has 0 atom stereocenters. The van der Waals surface area contributed by atoms with Gasteiger partial charge in [-0.25, -0.2) is 0 Å². The first kappa shape index (κ1) is 24.6. The summed E-state index contributed by atoms with van der Waals surface area (Å²) in [6, 6.07) is 20.3. The number of anilines is 1. The lowest BCUT2D eigenvalue weighted by molar-refractivity contribution is -0.127. The second kappa shape index (κ2) is 10.8. The number of aryl methyl sites for hydroxylation is 2. The van der Waals surface area contributed by atoms with Crippen molar-refractivity contribution in [1.82, 2.24) is 4.90 Å². The van der Waals surface area contributed by atoms with Crippen LogP contribution in [-0.2, 0) is 16.2 Å². The molecule has 0 bridgehead atoms. The van der Waals surface area contributed by atoms with E-state index in [2.05, 4.69) is 5.32 Å². The number of halogens is 1. The lowest BCUT2D eigenvalue weighted by Crippen LogP contribution is -2.36. The Morgan fingerprint density at radius 3 is 2.46 bits per heavy atom. The fourth-order valence-corrected chi connectivity index (χ4v) is 4.69. The number of carbonyl (C=O) groups is 3. The molecule has 1 aliphatic rings. The average molecular weight is 507 g/mol. The van der Waals surface area contributed by atoms with E-state index in [0.717, 1.165) is 33.4 Å². The Kier molecular flexibility index (Phi) is 7.58. The van der Waals surface area contributed by atoms with Crippen molar-refractivity contribution in [2.75, 3.05) is 11.9 Å². The second-order valence-corrected chi connectivity index (χ2v) is 9.51. The molecular weight excluding hydrogens is 484 g/mol. The van der Waals surface area contributed by atoms with Crippen LogP contribution in [0, 0.1) is 13.8 Å². The Morgan fingerprint density at radius 1 is 1.03 bits per heavy atom. The molecule has 0 aliphatic carbocycles. The van der Waals surface area contributed by atoms with E-state index >= 15 is 0 Å². The number of imide groups is 1. The maximum absolute atomic E-state index is 12.9. The SMILES string of the molecule is Cc1cc(C)cc(NC(=O)CN2C(=O)S/C(=C/c3ccccc3OCc3ccccc3Cl)C2=O)c1. The van der Waals surface area contributed by atoms with E-state index in [-0.39, 0.29) is 18.1 Å². The Bertz CT molecular complexity index is 1320. The molecular formula is C27H23ClN2O4S. The van der Waals surface area contributed by atoms with Gasteiger partial charge in [0.25, 0.3) is 11.1 Å². The van der Waals surface area contributed by atoms with Gasteiger partial charge in [0.1, 0.15) is 18.9 Å². The highest BCUT2D eigenvalue weighted by Crippen LogP contribution is 2.34. The van der Waals surface area contributed by atoms with Crippen molar-refractivity contribution in [3.63, 3.8) is 0 Å². The van der Waals surface area contributed by atoms with Crippen LogP contribution in [0.1, 0.15) is 22.3 Å². The zero-order valence-corrected chi connectivity index (χ0v) is 20.8. The molecule has 4 rings (SSSR count). The first-order chi connectivity index (χ1) is 16.8. The van der Waals surface area contributed by atoms with Gasteiger partial charge in [0.05, 0.1) is 4.91 Å². The zero-order valence-electron chi connectivity index (χ0n) is 19.2. The van der Waals surface area contributed by atoms with E-state index in [0.29, 0.717) is 22.0 Å². The number of hydrogen-bond acceptors (Lipinski definition) is 5. The molecule has 3 aromatic rings. The first-order valence-corrected chi connectivity index (χ1v) is 12.1. The molecule has 0 radical (unpaired) electrons. The first-order valence-electron chi connectivity index (χ1n) is 10.9. The van der Waals surface area contributed by atoms with E-state index < -0.39 is 17.1 Å². The van der Waals surface area contributed by atoms with Crippen molar-refractivity contribution >= 4 is 52.2 Å². The predicted molar refractivity (Wildman–Crippen MR) is 139 cm³/mol. The van der Waals surface area contributed by atoms with Crippen molar-refractivity contribution in [2.45, 2.75) is 20.5 Å². The third-order valence-electron chi connectivity index (χ3n) is 5.23. The molecule has 1 N–H and O–H groups in total. The van der Waals surface area contributed by atoms with Gasteiger partial charge in [-0.05, 0) is 67.1 Å². The minimum atomic E-state index is -0.517. The van der Waals surface area contributed by atoms with Gasteiger partial charge in [0.15, 0.2) is 0 Å². The molecule has 1 fully saturated rings. The molecule has 3 amide bonds. The maximum atomic E-state index is 12.9.